The first-order chi connectivity index (χ1) is 16.8. The van der Waals surface area contributed by atoms with Crippen molar-refractivity contribution >= 4 is 11.8 Å². The van der Waals surface area contributed by atoms with Gasteiger partial charge in [0.15, 0.2) is 0 Å². The van der Waals surface area contributed by atoms with E-state index in [-0.39, 0.29) is 29.9 Å². The maximum Gasteiger partial charge on any atom is 0.336 e. The average Bonchev–Trinajstić information content (AvgIpc) is 3.35. The molecule has 0 saturated carbocycles. The van der Waals surface area contributed by atoms with Crippen LogP contribution in [-0.4, -0.2) is 31.1 Å². The molecule has 1 saturated heterocycles. The van der Waals surface area contributed by atoms with Gasteiger partial charge in [0.1, 0.15) is 12.4 Å². The SMILES string of the molecule is CC1=C(C(=O)OCC2CCCO2)C(c2ccc(-c3ccccc3)cc2)C2C(=O)CC(C)(C)C=C2N1. The number of ketones is 1. The van der Waals surface area contributed by atoms with Gasteiger partial charge in [0.05, 0.1) is 17.6 Å². The lowest BCUT2D eigenvalue weighted by Crippen LogP contribution is -2.43. The maximum absolute atomic E-state index is 13.5. The van der Waals surface area contributed by atoms with Gasteiger partial charge < -0.3 is 14.8 Å². The Labute approximate surface area is 207 Å². The number of esters is 1. The summed E-state index contributed by atoms with van der Waals surface area (Å²) in [5.74, 6) is -1.05. The number of benzene rings is 2. The fourth-order valence-corrected chi connectivity index (χ4v) is 5.63. The Morgan fingerprint density at radius 3 is 2.46 bits per heavy atom. The monoisotopic (exact) mass is 471 g/mol. The molecule has 3 aliphatic rings. The topological polar surface area (TPSA) is 64.6 Å². The van der Waals surface area contributed by atoms with E-state index in [0.717, 1.165) is 40.9 Å². The second-order valence-electron chi connectivity index (χ2n) is 10.6. The van der Waals surface area contributed by atoms with Crippen LogP contribution in [0.15, 0.2) is 77.6 Å². The Hall–Kier alpha value is -3.18. The van der Waals surface area contributed by atoms with Crippen molar-refractivity contribution < 1.29 is 19.1 Å². The normalized spacial score (nSPS) is 25.5. The molecule has 2 aliphatic heterocycles. The zero-order valence-corrected chi connectivity index (χ0v) is 20.7. The van der Waals surface area contributed by atoms with Crippen molar-refractivity contribution in [3.05, 3.63) is 83.2 Å². The standard InChI is InChI=1S/C30H33NO4/c1-19-26(29(33)35-18-23-10-7-15-34-23)27(28-24(31-19)16-30(2,3)17-25(28)32)22-13-11-21(12-14-22)20-8-5-4-6-9-20/h4-6,8-9,11-14,16,23,27-28,31H,7,10,15,17-18H2,1-3H3. The van der Waals surface area contributed by atoms with Crippen LogP contribution in [0, 0.1) is 11.3 Å². The lowest BCUT2D eigenvalue weighted by atomic mass is 9.66. The predicted octanol–water partition coefficient (Wildman–Crippen LogP) is 5.54. The molecule has 1 fully saturated rings. The summed E-state index contributed by atoms with van der Waals surface area (Å²) < 4.78 is 11.4. The van der Waals surface area contributed by atoms with Crippen LogP contribution >= 0.6 is 0 Å². The van der Waals surface area contributed by atoms with Crippen molar-refractivity contribution in [1.29, 1.82) is 0 Å². The van der Waals surface area contributed by atoms with Crippen LogP contribution in [-0.2, 0) is 19.1 Å². The van der Waals surface area contributed by atoms with Crippen LogP contribution in [0.2, 0.25) is 0 Å². The third-order valence-electron chi connectivity index (χ3n) is 7.26. The van der Waals surface area contributed by atoms with Gasteiger partial charge in [-0.3, -0.25) is 4.79 Å². The minimum Gasteiger partial charge on any atom is -0.460 e. The Morgan fingerprint density at radius 1 is 1.06 bits per heavy atom. The highest BCUT2D eigenvalue weighted by molar-refractivity contribution is 5.96. The molecule has 0 aromatic heterocycles. The molecule has 2 aromatic carbocycles. The summed E-state index contributed by atoms with van der Waals surface area (Å²) in [5.41, 5.74) is 5.10. The molecule has 5 heteroatoms. The summed E-state index contributed by atoms with van der Waals surface area (Å²) in [6, 6.07) is 18.4. The highest BCUT2D eigenvalue weighted by Crippen LogP contribution is 2.47. The van der Waals surface area contributed by atoms with Gasteiger partial charge in [-0.05, 0) is 41.9 Å². The van der Waals surface area contributed by atoms with E-state index in [1.807, 2.05) is 37.3 Å². The number of hydrogen-bond donors (Lipinski definition) is 1. The summed E-state index contributed by atoms with van der Waals surface area (Å²) in [6.07, 6.45) is 4.44. The fraction of sp³-hybridized carbons (Fsp3) is 0.400. The van der Waals surface area contributed by atoms with E-state index in [4.69, 9.17) is 9.47 Å². The minimum absolute atomic E-state index is 0.0485. The van der Waals surface area contributed by atoms with Gasteiger partial charge in [0.2, 0.25) is 0 Å². The van der Waals surface area contributed by atoms with Gasteiger partial charge in [-0.1, -0.05) is 74.5 Å². The molecule has 2 aromatic rings. The Morgan fingerprint density at radius 2 is 1.77 bits per heavy atom. The van der Waals surface area contributed by atoms with E-state index in [1.165, 1.54) is 0 Å². The van der Waals surface area contributed by atoms with Crippen LogP contribution in [0.1, 0.15) is 51.5 Å². The number of carbonyl (C=O) groups is 2. The highest BCUT2D eigenvalue weighted by atomic mass is 16.6. The van der Waals surface area contributed by atoms with Gasteiger partial charge in [-0.2, -0.15) is 0 Å². The predicted molar refractivity (Wildman–Crippen MR) is 135 cm³/mol. The molecule has 0 radical (unpaired) electrons. The summed E-state index contributed by atoms with van der Waals surface area (Å²) in [6.45, 7) is 7.00. The zero-order chi connectivity index (χ0) is 24.6. The number of fused-ring (bicyclic) bond motifs is 1. The first-order valence-corrected chi connectivity index (χ1v) is 12.5. The molecular formula is C30H33NO4. The van der Waals surface area contributed by atoms with Gasteiger partial charge in [-0.25, -0.2) is 4.79 Å². The van der Waals surface area contributed by atoms with Crippen LogP contribution in [0.5, 0.6) is 0 Å². The zero-order valence-electron chi connectivity index (χ0n) is 20.7. The fourth-order valence-electron chi connectivity index (χ4n) is 5.63. The second-order valence-corrected chi connectivity index (χ2v) is 10.6. The number of ether oxygens (including phenoxy) is 2. The van der Waals surface area contributed by atoms with Crippen molar-refractivity contribution in [2.45, 2.75) is 52.1 Å². The van der Waals surface area contributed by atoms with Crippen LogP contribution in [0.4, 0.5) is 0 Å². The molecular weight excluding hydrogens is 438 g/mol. The van der Waals surface area contributed by atoms with E-state index in [2.05, 4.69) is 49.5 Å². The molecule has 5 rings (SSSR count). The van der Waals surface area contributed by atoms with E-state index in [0.29, 0.717) is 18.6 Å². The van der Waals surface area contributed by atoms with E-state index in [9.17, 15) is 9.59 Å². The van der Waals surface area contributed by atoms with Gasteiger partial charge in [0.25, 0.3) is 0 Å². The minimum atomic E-state index is -0.431. The smallest absolute Gasteiger partial charge is 0.336 e. The molecule has 1 aliphatic carbocycles. The quantitative estimate of drug-likeness (QED) is 0.581. The first-order valence-electron chi connectivity index (χ1n) is 12.5. The average molecular weight is 472 g/mol. The summed E-state index contributed by atoms with van der Waals surface area (Å²) in [5, 5.41) is 3.39. The number of carbonyl (C=O) groups excluding carboxylic acids is 2. The largest absolute Gasteiger partial charge is 0.460 e. The number of Topliss-reactive ketones (excluding diaryl/α,β-unsaturated/α-hetero) is 1. The third-order valence-corrected chi connectivity index (χ3v) is 7.26. The third kappa shape index (κ3) is 4.83. The number of allylic oxidation sites excluding steroid dienone is 3. The molecule has 3 unspecified atom stereocenters. The van der Waals surface area contributed by atoms with Crippen molar-refractivity contribution in [3.8, 4) is 11.1 Å². The van der Waals surface area contributed by atoms with E-state index in [1.54, 1.807) is 0 Å². The highest BCUT2D eigenvalue weighted by Gasteiger charge is 2.46. The second kappa shape index (κ2) is 9.46. The molecule has 2 heterocycles. The molecule has 1 N–H and O–H groups in total. The summed E-state index contributed by atoms with van der Waals surface area (Å²) >= 11 is 0. The Balaban J connectivity index is 1.52. The molecule has 0 spiro atoms. The maximum atomic E-state index is 13.5. The van der Waals surface area contributed by atoms with Gasteiger partial charge in [-0.15, -0.1) is 0 Å². The van der Waals surface area contributed by atoms with Gasteiger partial charge in [0, 0.05) is 30.3 Å². The number of hydrogen-bond acceptors (Lipinski definition) is 5. The molecule has 3 atom stereocenters. The summed E-state index contributed by atoms with van der Waals surface area (Å²) in [4.78, 5) is 26.9. The van der Waals surface area contributed by atoms with Crippen molar-refractivity contribution in [2.75, 3.05) is 13.2 Å². The van der Waals surface area contributed by atoms with E-state index < -0.39 is 11.8 Å². The van der Waals surface area contributed by atoms with Crippen molar-refractivity contribution in [1.82, 2.24) is 5.32 Å². The molecule has 182 valence electrons. The van der Waals surface area contributed by atoms with E-state index >= 15 is 0 Å². The number of nitrogens with one attached hydrogen (secondary N) is 1. The molecule has 0 amide bonds. The van der Waals surface area contributed by atoms with Crippen LogP contribution < -0.4 is 5.32 Å². The lowest BCUT2D eigenvalue weighted by Gasteiger charge is -2.41. The Kier molecular flexibility index (Phi) is 6.37. The van der Waals surface area contributed by atoms with Crippen molar-refractivity contribution in [3.63, 3.8) is 0 Å². The van der Waals surface area contributed by atoms with Crippen molar-refractivity contribution in [2.24, 2.45) is 11.3 Å². The summed E-state index contributed by atoms with van der Waals surface area (Å²) in [7, 11) is 0. The van der Waals surface area contributed by atoms with Gasteiger partial charge >= 0.3 is 5.97 Å². The molecule has 5 nitrogen and oxygen atoms in total. The first kappa shape index (κ1) is 23.6. The lowest BCUT2D eigenvalue weighted by molar-refractivity contribution is -0.143. The Bertz CT molecular complexity index is 1170. The van der Waals surface area contributed by atoms with Crippen LogP contribution in [0.3, 0.4) is 0 Å². The van der Waals surface area contributed by atoms with Crippen LogP contribution in [0.25, 0.3) is 11.1 Å². The molecule has 0 bridgehead atoms. The number of rotatable bonds is 5. The molecule has 35 heavy (non-hydrogen) atoms.